The van der Waals surface area contributed by atoms with E-state index in [-0.39, 0.29) is 18.9 Å². The second kappa shape index (κ2) is 11.0. The third kappa shape index (κ3) is 5.53. The van der Waals surface area contributed by atoms with E-state index in [0.717, 1.165) is 29.4 Å². The number of hydrogen-bond acceptors (Lipinski definition) is 6. The molecule has 0 saturated carbocycles. The average Bonchev–Trinajstić information content (AvgIpc) is 3.15. The van der Waals surface area contributed by atoms with Crippen LogP contribution in [0.25, 0.3) is 11.1 Å². The minimum Gasteiger partial charge on any atom is -0.480 e. The van der Waals surface area contributed by atoms with E-state index in [2.05, 4.69) is 21.3 Å². The summed E-state index contributed by atoms with van der Waals surface area (Å²) in [5, 5.41) is 13.8. The van der Waals surface area contributed by atoms with Gasteiger partial charge >= 0.3 is 18.0 Å². The van der Waals surface area contributed by atoms with E-state index in [0.29, 0.717) is 0 Å². The van der Waals surface area contributed by atoms with Crippen molar-refractivity contribution in [3.8, 4) is 23.5 Å². The summed E-state index contributed by atoms with van der Waals surface area (Å²) in [7, 11) is 1.10. The number of rotatable bonds is 9. The topological polar surface area (TPSA) is 131 Å². The number of carboxylic acids is 1. The van der Waals surface area contributed by atoms with Gasteiger partial charge < -0.3 is 25.2 Å². The molecule has 1 unspecified atom stereocenters. The number of carbonyl (C=O) groups is 4. The number of alkyl carbamates (subject to hydrolysis) is 1. The number of carbonyl (C=O) groups excluding carboxylic acids is 3. The van der Waals surface area contributed by atoms with Crippen LogP contribution in [0.4, 0.5) is 4.79 Å². The van der Waals surface area contributed by atoms with Crippen molar-refractivity contribution in [1.29, 1.82) is 0 Å². The largest absolute Gasteiger partial charge is 0.480 e. The van der Waals surface area contributed by atoms with Crippen molar-refractivity contribution in [2.75, 3.05) is 13.7 Å². The Bertz CT molecular complexity index is 1090. The Morgan fingerprint density at radius 2 is 1.59 bits per heavy atom. The quantitative estimate of drug-likeness (QED) is 0.382. The van der Waals surface area contributed by atoms with Gasteiger partial charge in [0.05, 0.1) is 13.5 Å². The molecule has 0 spiro atoms. The normalized spacial score (nSPS) is 13.4. The number of esters is 1. The lowest BCUT2D eigenvalue weighted by Gasteiger charge is -2.20. The number of amides is 2. The number of carboxylic acid groups (broad SMARTS) is 1. The van der Waals surface area contributed by atoms with Crippen LogP contribution in [0.2, 0.25) is 0 Å². The Morgan fingerprint density at radius 1 is 1.00 bits per heavy atom. The molecule has 3 rings (SSSR count). The van der Waals surface area contributed by atoms with E-state index in [1.54, 1.807) is 0 Å². The highest BCUT2D eigenvalue weighted by molar-refractivity contribution is 5.91. The fourth-order valence-corrected chi connectivity index (χ4v) is 3.83. The first-order valence-corrected chi connectivity index (χ1v) is 10.5. The second-order valence-electron chi connectivity index (χ2n) is 7.61. The molecule has 0 aliphatic heterocycles. The lowest BCUT2D eigenvalue weighted by Crippen LogP contribution is -2.52. The van der Waals surface area contributed by atoms with Gasteiger partial charge in [-0.15, -0.1) is 12.3 Å². The molecule has 2 aromatic carbocycles. The SMILES string of the molecule is C#CCC(NC(=O)OCC1c2ccccc2-c2ccccc21)C(=O)N[C@@H](CC(=O)OC)C(=O)O. The fourth-order valence-electron chi connectivity index (χ4n) is 3.83. The molecule has 9 heteroatoms. The molecular weight excluding hydrogens is 440 g/mol. The van der Waals surface area contributed by atoms with Gasteiger partial charge in [-0.2, -0.15) is 0 Å². The summed E-state index contributed by atoms with van der Waals surface area (Å²) >= 11 is 0. The molecule has 0 heterocycles. The molecule has 0 saturated heterocycles. The molecule has 0 radical (unpaired) electrons. The van der Waals surface area contributed by atoms with Crippen LogP contribution in [0.15, 0.2) is 48.5 Å². The number of benzene rings is 2. The molecule has 3 N–H and O–H groups in total. The van der Waals surface area contributed by atoms with Crippen molar-refractivity contribution in [2.45, 2.75) is 30.8 Å². The zero-order chi connectivity index (χ0) is 24.7. The number of hydrogen-bond donors (Lipinski definition) is 3. The predicted molar refractivity (Wildman–Crippen MR) is 122 cm³/mol. The molecule has 34 heavy (non-hydrogen) atoms. The van der Waals surface area contributed by atoms with Crippen LogP contribution in [-0.2, 0) is 23.9 Å². The molecule has 2 aromatic rings. The molecular formula is C25H24N2O7. The maximum atomic E-state index is 12.5. The highest BCUT2D eigenvalue weighted by Crippen LogP contribution is 2.44. The van der Waals surface area contributed by atoms with Gasteiger partial charge in [-0.25, -0.2) is 9.59 Å². The Hall–Kier alpha value is -4.32. The van der Waals surface area contributed by atoms with Crippen molar-refractivity contribution in [1.82, 2.24) is 10.6 Å². The van der Waals surface area contributed by atoms with Crippen molar-refractivity contribution >= 4 is 23.9 Å². The number of ether oxygens (including phenoxy) is 2. The number of terminal acetylenes is 1. The number of methoxy groups -OCH3 is 1. The van der Waals surface area contributed by atoms with Gasteiger partial charge in [0, 0.05) is 12.3 Å². The van der Waals surface area contributed by atoms with Gasteiger partial charge in [0.25, 0.3) is 0 Å². The first-order valence-electron chi connectivity index (χ1n) is 10.5. The Morgan fingerprint density at radius 3 is 2.12 bits per heavy atom. The van der Waals surface area contributed by atoms with Crippen LogP contribution in [0.5, 0.6) is 0 Å². The number of fused-ring (bicyclic) bond motifs is 3. The summed E-state index contributed by atoms with van der Waals surface area (Å²) in [6, 6.07) is 12.9. The van der Waals surface area contributed by atoms with Gasteiger partial charge in [-0.1, -0.05) is 48.5 Å². The van der Waals surface area contributed by atoms with E-state index in [9.17, 15) is 24.3 Å². The Balaban J connectivity index is 1.64. The monoisotopic (exact) mass is 464 g/mol. The molecule has 2 amide bonds. The highest BCUT2D eigenvalue weighted by atomic mass is 16.5. The molecule has 9 nitrogen and oxygen atoms in total. The van der Waals surface area contributed by atoms with Crippen LogP contribution in [0, 0.1) is 12.3 Å². The van der Waals surface area contributed by atoms with E-state index in [4.69, 9.17) is 11.2 Å². The van der Waals surface area contributed by atoms with Crippen LogP contribution in [0.3, 0.4) is 0 Å². The summed E-state index contributed by atoms with van der Waals surface area (Å²) in [5.74, 6) is -1.01. The fraction of sp³-hybridized carbons (Fsp3) is 0.280. The third-order valence-corrected chi connectivity index (χ3v) is 5.49. The molecule has 0 aromatic heterocycles. The van der Waals surface area contributed by atoms with Gasteiger partial charge in [-0.05, 0) is 22.3 Å². The summed E-state index contributed by atoms with van der Waals surface area (Å²) < 4.78 is 9.85. The maximum Gasteiger partial charge on any atom is 0.407 e. The predicted octanol–water partition coefficient (Wildman–Crippen LogP) is 2.05. The lowest BCUT2D eigenvalue weighted by atomic mass is 9.98. The van der Waals surface area contributed by atoms with Gasteiger partial charge in [-0.3, -0.25) is 9.59 Å². The summed E-state index contributed by atoms with van der Waals surface area (Å²) in [6.07, 6.45) is 3.64. The van der Waals surface area contributed by atoms with E-state index < -0.39 is 42.4 Å². The third-order valence-electron chi connectivity index (χ3n) is 5.49. The van der Waals surface area contributed by atoms with Gasteiger partial charge in [0.15, 0.2) is 0 Å². The van der Waals surface area contributed by atoms with Gasteiger partial charge in [0.2, 0.25) is 5.91 Å². The van der Waals surface area contributed by atoms with Crippen LogP contribution in [-0.4, -0.2) is 54.8 Å². The molecule has 176 valence electrons. The second-order valence-corrected chi connectivity index (χ2v) is 7.61. The first kappa shape index (κ1) is 24.3. The molecule has 0 bridgehead atoms. The van der Waals surface area contributed by atoms with Crippen molar-refractivity contribution < 1.29 is 33.8 Å². The maximum absolute atomic E-state index is 12.5. The van der Waals surface area contributed by atoms with E-state index >= 15 is 0 Å². The van der Waals surface area contributed by atoms with Crippen LogP contribution >= 0.6 is 0 Å². The number of nitrogens with one attached hydrogen (secondary N) is 2. The summed E-state index contributed by atoms with van der Waals surface area (Å²) in [5.41, 5.74) is 4.20. The molecule has 2 atom stereocenters. The zero-order valence-corrected chi connectivity index (χ0v) is 18.4. The van der Waals surface area contributed by atoms with Crippen LogP contribution < -0.4 is 10.6 Å². The van der Waals surface area contributed by atoms with Crippen molar-refractivity contribution in [2.24, 2.45) is 0 Å². The first-order chi connectivity index (χ1) is 16.3. The van der Waals surface area contributed by atoms with Crippen LogP contribution in [0.1, 0.15) is 29.9 Å². The number of aliphatic carboxylic acids is 1. The lowest BCUT2D eigenvalue weighted by molar-refractivity contribution is -0.148. The minimum atomic E-state index is -1.54. The Labute approximate surface area is 196 Å². The van der Waals surface area contributed by atoms with Gasteiger partial charge in [0.1, 0.15) is 18.7 Å². The smallest absolute Gasteiger partial charge is 0.407 e. The molecule has 1 aliphatic carbocycles. The average molecular weight is 464 g/mol. The molecule has 1 aliphatic rings. The minimum absolute atomic E-state index is 0.0321. The highest BCUT2D eigenvalue weighted by Gasteiger charge is 2.31. The summed E-state index contributed by atoms with van der Waals surface area (Å²) in [6.45, 7) is 0.0321. The van der Waals surface area contributed by atoms with E-state index in [1.807, 2.05) is 48.5 Å². The zero-order valence-electron chi connectivity index (χ0n) is 18.4. The van der Waals surface area contributed by atoms with Crippen molar-refractivity contribution in [3.05, 3.63) is 59.7 Å². The van der Waals surface area contributed by atoms with Crippen molar-refractivity contribution in [3.63, 3.8) is 0 Å². The van der Waals surface area contributed by atoms with E-state index in [1.165, 1.54) is 0 Å². The standard InChI is InChI=1S/C25H24N2O7/c1-3-8-20(23(29)26-21(24(30)31)13-22(28)33-2)27-25(32)34-14-19-17-11-6-4-9-15(17)16-10-5-7-12-18(16)19/h1,4-7,9-12,19-21H,8,13-14H2,2H3,(H,26,29)(H,27,32)(H,30,31)/t20?,21-/m0/s1. The summed E-state index contributed by atoms with van der Waals surface area (Å²) in [4.78, 5) is 47.8. The Kier molecular flexibility index (Phi) is 7.88. The molecule has 0 fully saturated rings.